The molecular formula is C15H13NO4. The lowest BCUT2D eigenvalue weighted by Gasteiger charge is -2.07. The van der Waals surface area contributed by atoms with Crippen molar-refractivity contribution in [3.05, 3.63) is 59.7 Å². The molecule has 0 unspecified atom stereocenters. The quantitative estimate of drug-likeness (QED) is 0.796. The number of anilines is 1. The van der Waals surface area contributed by atoms with Gasteiger partial charge in [-0.2, -0.15) is 0 Å². The Morgan fingerprint density at radius 1 is 1.05 bits per heavy atom. The molecule has 5 heteroatoms. The van der Waals surface area contributed by atoms with Crippen molar-refractivity contribution < 1.29 is 19.8 Å². The lowest BCUT2D eigenvalue weighted by Crippen LogP contribution is -2.12. The van der Waals surface area contributed by atoms with E-state index in [9.17, 15) is 14.7 Å². The molecule has 0 aliphatic heterocycles. The summed E-state index contributed by atoms with van der Waals surface area (Å²) < 4.78 is 0. The highest BCUT2D eigenvalue weighted by molar-refractivity contribution is 6.04. The number of aromatic hydroxyl groups is 1. The molecule has 5 nitrogen and oxygen atoms in total. The predicted octanol–water partition coefficient (Wildman–Crippen LogP) is 2.27. The number of carboxylic acids is 1. The molecule has 0 atom stereocenters. The summed E-state index contributed by atoms with van der Waals surface area (Å²) in [6.07, 6.45) is -0.101. The van der Waals surface area contributed by atoms with E-state index in [1.165, 1.54) is 12.1 Å². The third kappa shape index (κ3) is 3.58. The highest BCUT2D eigenvalue weighted by Gasteiger charge is 2.07. The van der Waals surface area contributed by atoms with Gasteiger partial charge in [0.1, 0.15) is 5.75 Å². The fourth-order valence-corrected chi connectivity index (χ4v) is 1.78. The van der Waals surface area contributed by atoms with E-state index >= 15 is 0 Å². The number of amides is 1. The second-order valence-electron chi connectivity index (χ2n) is 4.28. The molecule has 0 bridgehead atoms. The summed E-state index contributed by atoms with van der Waals surface area (Å²) in [7, 11) is 0. The van der Waals surface area contributed by atoms with E-state index < -0.39 is 5.97 Å². The van der Waals surface area contributed by atoms with Crippen LogP contribution in [0.15, 0.2) is 48.5 Å². The Labute approximate surface area is 115 Å². The van der Waals surface area contributed by atoms with Crippen molar-refractivity contribution in [1.29, 1.82) is 0 Å². The van der Waals surface area contributed by atoms with Gasteiger partial charge in [0.15, 0.2) is 0 Å². The fourth-order valence-electron chi connectivity index (χ4n) is 1.78. The van der Waals surface area contributed by atoms with E-state index in [0.29, 0.717) is 16.8 Å². The van der Waals surface area contributed by atoms with Gasteiger partial charge in [-0.1, -0.05) is 18.2 Å². The maximum atomic E-state index is 12.0. The summed E-state index contributed by atoms with van der Waals surface area (Å²) in [6, 6.07) is 12.6. The summed E-state index contributed by atoms with van der Waals surface area (Å²) in [4.78, 5) is 22.6. The average Bonchev–Trinajstić information content (AvgIpc) is 2.38. The molecule has 0 saturated heterocycles. The van der Waals surface area contributed by atoms with Crippen molar-refractivity contribution in [1.82, 2.24) is 0 Å². The number of hydrogen-bond acceptors (Lipinski definition) is 3. The van der Waals surface area contributed by atoms with Crippen LogP contribution in [0.1, 0.15) is 15.9 Å². The predicted molar refractivity (Wildman–Crippen MR) is 73.8 cm³/mol. The smallest absolute Gasteiger partial charge is 0.307 e. The molecule has 0 radical (unpaired) electrons. The van der Waals surface area contributed by atoms with Crippen molar-refractivity contribution in [2.45, 2.75) is 6.42 Å². The molecule has 0 aromatic heterocycles. The molecule has 0 fully saturated rings. The first kappa shape index (κ1) is 13.6. The summed E-state index contributed by atoms with van der Waals surface area (Å²) >= 11 is 0. The van der Waals surface area contributed by atoms with E-state index in [1.54, 1.807) is 36.4 Å². The molecule has 3 N–H and O–H groups in total. The number of aliphatic carboxylic acids is 1. The van der Waals surface area contributed by atoms with Crippen molar-refractivity contribution in [3.8, 4) is 5.75 Å². The van der Waals surface area contributed by atoms with Crippen molar-refractivity contribution in [2.24, 2.45) is 0 Å². The molecule has 102 valence electrons. The van der Waals surface area contributed by atoms with E-state index in [1.807, 2.05) is 0 Å². The highest BCUT2D eigenvalue weighted by Crippen LogP contribution is 2.15. The van der Waals surface area contributed by atoms with Crippen LogP contribution in [0, 0.1) is 0 Å². The van der Waals surface area contributed by atoms with Crippen LogP contribution in [0.4, 0.5) is 5.69 Å². The zero-order valence-electron chi connectivity index (χ0n) is 10.5. The van der Waals surface area contributed by atoms with Gasteiger partial charge in [-0.25, -0.2) is 0 Å². The van der Waals surface area contributed by atoms with Crippen LogP contribution >= 0.6 is 0 Å². The molecule has 2 aromatic rings. The lowest BCUT2D eigenvalue weighted by molar-refractivity contribution is -0.136. The zero-order valence-corrected chi connectivity index (χ0v) is 10.5. The topological polar surface area (TPSA) is 86.6 Å². The molecule has 20 heavy (non-hydrogen) atoms. The van der Waals surface area contributed by atoms with Crippen LogP contribution in [0.5, 0.6) is 5.75 Å². The molecule has 0 heterocycles. The Balaban J connectivity index is 2.13. The third-order valence-electron chi connectivity index (χ3n) is 2.65. The molecular weight excluding hydrogens is 258 g/mol. The summed E-state index contributed by atoms with van der Waals surface area (Å²) in [5.41, 5.74) is 1.44. The number of phenols is 1. The normalized spacial score (nSPS) is 10.0. The van der Waals surface area contributed by atoms with Gasteiger partial charge in [-0.3, -0.25) is 9.59 Å². The van der Waals surface area contributed by atoms with Crippen LogP contribution in [0.25, 0.3) is 0 Å². The zero-order chi connectivity index (χ0) is 14.5. The number of benzene rings is 2. The van der Waals surface area contributed by atoms with Gasteiger partial charge in [0, 0.05) is 11.3 Å². The van der Waals surface area contributed by atoms with E-state index in [-0.39, 0.29) is 18.1 Å². The Morgan fingerprint density at radius 3 is 2.50 bits per heavy atom. The van der Waals surface area contributed by atoms with Gasteiger partial charge in [-0.15, -0.1) is 0 Å². The minimum atomic E-state index is -0.929. The molecule has 0 aliphatic carbocycles. The van der Waals surface area contributed by atoms with E-state index in [4.69, 9.17) is 5.11 Å². The van der Waals surface area contributed by atoms with Crippen LogP contribution in [-0.4, -0.2) is 22.1 Å². The summed E-state index contributed by atoms with van der Waals surface area (Å²) in [5.74, 6) is -1.29. The first-order chi connectivity index (χ1) is 9.54. The molecule has 1 amide bonds. The Hall–Kier alpha value is -2.82. The van der Waals surface area contributed by atoms with Gasteiger partial charge in [-0.05, 0) is 35.9 Å². The largest absolute Gasteiger partial charge is 0.508 e. The van der Waals surface area contributed by atoms with Crippen LogP contribution in [0.3, 0.4) is 0 Å². The standard InChI is InChI=1S/C15H13NO4/c17-13-6-2-4-11(9-13)15(20)16-12-5-1-3-10(7-12)8-14(18)19/h1-7,9,17H,8H2,(H,16,20)(H,18,19). The van der Waals surface area contributed by atoms with Crippen LogP contribution in [-0.2, 0) is 11.2 Å². The molecule has 0 spiro atoms. The number of hydrogen-bond donors (Lipinski definition) is 3. The lowest BCUT2D eigenvalue weighted by atomic mass is 10.1. The number of nitrogens with one attached hydrogen (secondary N) is 1. The second kappa shape index (κ2) is 5.88. The van der Waals surface area contributed by atoms with E-state index in [0.717, 1.165) is 0 Å². The monoisotopic (exact) mass is 271 g/mol. The SMILES string of the molecule is O=C(O)Cc1cccc(NC(=O)c2cccc(O)c2)c1. The number of phenolic OH excluding ortho intramolecular Hbond substituents is 1. The third-order valence-corrected chi connectivity index (χ3v) is 2.65. The van der Waals surface area contributed by atoms with Crippen molar-refractivity contribution >= 4 is 17.6 Å². The minimum Gasteiger partial charge on any atom is -0.508 e. The molecule has 0 saturated carbocycles. The first-order valence-corrected chi connectivity index (χ1v) is 5.96. The maximum absolute atomic E-state index is 12.0. The average molecular weight is 271 g/mol. The van der Waals surface area contributed by atoms with Gasteiger partial charge in [0.25, 0.3) is 5.91 Å². The van der Waals surface area contributed by atoms with Crippen molar-refractivity contribution in [3.63, 3.8) is 0 Å². The second-order valence-corrected chi connectivity index (χ2v) is 4.28. The van der Waals surface area contributed by atoms with Gasteiger partial charge < -0.3 is 15.5 Å². The number of carbonyl (C=O) groups excluding carboxylic acids is 1. The maximum Gasteiger partial charge on any atom is 0.307 e. The van der Waals surface area contributed by atoms with E-state index in [2.05, 4.69) is 5.32 Å². The van der Waals surface area contributed by atoms with Gasteiger partial charge in [0.05, 0.1) is 6.42 Å². The Bertz CT molecular complexity index is 652. The highest BCUT2D eigenvalue weighted by atomic mass is 16.4. The van der Waals surface area contributed by atoms with Crippen LogP contribution in [0.2, 0.25) is 0 Å². The Kier molecular flexibility index (Phi) is 4.00. The van der Waals surface area contributed by atoms with Gasteiger partial charge >= 0.3 is 5.97 Å². The number of carbonyl (C=O) groups is 2. The summed E-state index contributed by atoms with van der Waals surface area (Å²) in [6.45, 7) is 0. The van der Waals surface area contributed by atoms with Crippen molar-refractivity contribution in [2.75, 3.05) is 5.32 Å². The fraction of sp³-hybridized carbons (Fsp3) is 0.0667. The van der Waals surface area contributed by atoms with Gasteiger partial charge in [0.2, 0.25) is 0 Å². The Morgan fingerprint density at radius 2 is 1.80 bits per heavy atom. The van der Waals surface area contributed by atoms with Crippen LogP contribution < -0.4 is 5.32 Å². The first-order valence-electron chi connectivity index (χ1n) is 5.96. The minimum absolute atomic E-state index is 0.0114. The summed E-state index contributed by atoms with van der Waals surface area (Å²) in [5, 5.41) is 20.7. The molecule has 2 aromatic carbocycles. The molecule has 2 rings (SSSR count). The number of rotatable bonds is 4. The molecule has 0 aliphatic rings. The number of carboxylic acid groups (broad SMARTS) is 1.